The molecule has 0 bridgehead atoms. The molecule has 2 aromatic rings. The Bertz CT molecular complexity index is 877. The number of fused-ring (bicyclic) bond motifs is 1. The predicted molar refractivity (Wildman–Crippen MR) is 108 cm³/mol. The zero-order chi connectivity index (χ0) is 21.1. The number of benzene rings is 1. The Morgan fingerprint density at radius 1 is 1.10 bits per heavy atom. The summed E-state index contributed by atoms with van der Waals surface area (Å²) in [6.07, 6.45) is -0.424. The Balaban J connectivity index is 1.27. The van der Waals surface area contributed by atoms with E-state index >= 15 is 0 Å². The van der Waals surface area contributed by atoms with Gasteiger partial charge >= 0.3 is 6.18 Å². The van der Waals surface area contributed by atoms with Crippen molar-refractivity contribution in [3.8, 4) is 0 Å². The third kappa shape index (κ3) is 4.75. The number of amides is 1. The van der Waals surface area contributed by atoms with Crippen LogP contribution in [0.4, 0.5) is 19.0 Å². The summed E-state index contributed by atoms with van der Waals surface area (Å²) in [4.78, 5) is 20.6. The van der Waals surface area contributed by atoms with Crippen molar-refractivity contribution in [2.45, 2.75) is 31.5 Å². The molecule has 1 aliphatic heterocycles. The summed E-state index contributed by atoms with van der Waals surface area (Å²) in [5.41, 5.74) is 1.79. The van der Waals surface area contributed by atoms with Crippen molar-refractivity contribution in [2.75, 3.05) is 37.6 Å². The number of hydrogen-bond acceptors (Lipinski definition) is 4. The average Bonchev–Trinajstić information content (AvgIpc) is 2.74. The normalized spacial score (nSPS) is 20.0. The van der Waals surface area contributed by atoms with Crippen LogP contribution in [0.25, 0.3) is 0 Å². The number of hydrogen-bond donors (Lipinski definition) is 1. The van der Waals surface area contributed by atoms with E-state index in [0.717, 1.165) is 31.5 Å². The lowest BCUT2D eigenvalue weighted by Gasteiger charge is -2.35. The number of anilines is 1. The second-order valence-electron chi connectivity index (χ2n) is 7.88. The van der Waals surface area contributed by atoms with Gasteiger partial charge in [0.25, 0.3) is 0 Å². The molecule has 1 aromatic carbocycles. The summed E-state index contributed by atoms with van der Waals surface area (Å²) in [5.74, 6) is 0.545. The molecule has 2 aliphatic rings. The summed E-state index contributed by atoms with van der Waals surface area (Å²) in [6, 6.07) is 10.8. The van der Waals surface area contributed by atoms with Crippen LogP contribution in [0.5, 0.6) is 0 Å². The van der Waals surface area contributed by atoms with Gasteiger partial charge in [-0.1, -0.05) is 24.3 Å². The lowest BCUT2D eigenvalue weighted by molar-refractivity contribution is -0.137. The van der Waals surface area contributed by atoms with Crippen LogP contribution in [0, 0.1) is 0 Å². The van der Waals surface area contributed by atoms with Gasteiger partial charge in [-0.3, -0.25) is 9.69 Å². The number of nitrogens with zero attached hydrogens (tertiary/aromatic N) is 3. The number of pyridine rings is 1. The first-order valence-electron chi connectivity index (χ1n) is 10.3. The van der Waals surface area contributed by atoms with Gasteiger partial charge in [-0.15, -0.1) is 0 Å². The molecule has 1 fully saturated rings. The topological polar surface area (TPSA) is 48.5 Å². The van der Waals surface area contributed by atoms with E-state index in [1.807, 2.05) is 17.0 Å². The van der Waals surface area contributed by atoms with Crippen LogP contribution < -0.4 is 10.2 Å². The van der Waals surface area contributed by atoms with Gasteiger partial charge in [0, 0.05) is 32.4 Å². The summed E-state index contributed by atoms with van der Waals surface area (Å²) in [5, 5.41) is 3.17. The van der Waals surface area contributed by atoms with Crippen molar-refractivity contribution in [1.82, 2.24) is 15.2 Å². The Kier molecular flexibility index (Phi) is 5.94. The first kappa shape index (κ1) is 20.7. The first-order valence-corrected chi connectivity index (χ1v) is 10.3. The number of alkyl halides is 3. The summed E-state index contributed by atoms with van der Waals surface area (Å²) >= 11 is 0. The minimum absolute atomic E-state index is 0.0119. The van der Waals surface area contributed by atoms with Gasteiger partial charge in [-0.2, -0.15) is 13.2 Å². The van der Waals surface area contributed by atoms with E-state index < -0.39 is 11.7 Å². The zero-order valence-electron chi connectivity index (χ0n) is 16.7. The molecule has 1 amide bonds. The number of aromatic nitrogens is 1. The highest BCUT2D eigenvalue weighted by molar-refractivity contribution is 5.78. The third-order valence-electron chi connectivity index (χ3n) is 5.84. The molecule has 0 saturated carbocycles. The van der Waals surface area contributed by atoms with E-state index in [1.165, 1.54) is 17.2 Å². The van der Waals surface area contributed by atoms with Crippen molar-refractivity contribution in [3.63, 3.8) is 0 Å². The van der Waals surface area contributed by atoms with E-state index in [4.69, 9.17) is 0 Å². The van der Waals surface area contributed by atoms with E-state index in [0.29, 0.717) is 38.5 Å². The highest BCUT2D eigenvalue weighted by Gasteiger charge is 2.31. The molecule has 1 N–H and O–H groups in total. The zero-order valence-corrected chi connectivity index (χ0v) is 16.7. The van der Waals surface area contributed by atoms with Gasteiger partial charge in [0.1, 0.15) is 5.82 Å². The van der Waals surface area contributed by atoms with Gasteiger partial charge in [0.2, 0.25) is 5.91 Å². The highest BCUT2D eigenvalue weighted by Crippen LogP contribution is 2.30. The minimum Gasteiger partial charge on any atom is -0.354 e. The molecular formula is C22H25F3N4O. The second kappa shape index (κ2) is 8.63. The van der Waals surface area contributed by atoms with Gasteiger partial charge < -0.3 is 10.2 Å². The summed E-state index contributed by atoms with van der Waals surface area (Å²) in [7, 11) is 0. The maximum atomic E-state index is 12.7. The molecule has 160 valence electrons. The van der Waals surface area contributed by atoms with Crippen LogP contribution in [0.15, 0.2) is 42.6 Å². The number of rotatable bonds is 4. The number of carbonyl (C=O) groups is 1. The van der Waals surface area contributed by atoms with Crippen molar-refractivity contribution in [1.29, 1.82) is 0 Å². The predicted octanol–water partition coefficient (Wildman–Crippen LogP) is 3.42. The fourth-order valence-electron chi connectivity index (χ4n) is 4.22. The van der Waals surface area contributed by atoms with E-state index in [9.17, 15) is 18.0 Å². The number of halogens is 3. The molecule has 5 nitrogen and oxygen atoms in total. The number of carbonyl (C=O) groups excluding carboxylic acids is 1. The molecule has 30 heavy (non-hydrogen) atoms. The van der Waals surface area contributed by atoms with Crippen molar-refractivity contribution < 1.29 is 18.0 Å². The molecule has 1 atom stereocenters. The van der Waals surface area contributed by atoms with Crippen LogP contribution >= 0.6 is 0 Å². The Labute approximate surface area is 173 Å². The SMILES string of the molecule is O=C(CN1CCN(c2ccc(C(F)(F)F)cn2)CC1)NC1CCCc2ccccc21. The lowest BCUT2D eigenvalue weighted by atomic mass is 9.88. The van der Waals surface area contributed by atoms with Crippen LogP contribution in [-0.2, 0) is 17.4 Å². The second-order valence-corrected chi connectivity index (χ2v) is 7.88. The molecule has 1 aromatic heterocycles. The van der Waals surface area contributed by atoms with E-state index in [2.05, 4.69) is 27.3 Å². The molecule has 0 radical (unpaired) electrons. The van der Waals surface area contributed by atoms with Gasteiger partial charge in [-0.25, -0.2) is 4.98 Å². The molecule has 2 heterocycles. The Morgan fingerprint density at radius 2 is 1.87 bits per heavy atom. The lowest BCUT2D eigenvalue weighted by Crippen LogP contribution is -2.50. The van der Waals surface area contributed by atoms with Crippen molar-refractivity contribution in [3.05, 3.63) is 59.3 Å². The summed E-state index contributed by atoms with van der Waals surface area (Å²) in [6.45, 7) is 2.90. The number of piperazine rings is 1. The van der Waals surface area contributed by atoms with Crippen LogP contribution in [0.1, 0.15) is 35.6 Å². The number of aryl methyl sites for hydroxylation is 1. The van der Waals surface area contributed by atoms with Gasteiger partial charge in [-0.05, 0) is 42.5 Å². The first-order chi connectivity index (χ1) is 14.4. The number of nitrogens with one attached hydrogen (secondary N) is 1. The van der Waals surface area contributed by atoms with Crippen LogP contribution in [0.2, 0.25) is 0 Å². The van der Waals surface area contributed by atoms with Crippen molar-refractivity contribution in [2.24, 2.45) is 0 Å². The quantitative estimate of drug-likeness (QED) is 0.827. The maximum absolute atomic E-state index is 12.7. The van der Waals surface area contributed by atoms with Crippen molar-refractivity contribution >= 4 is 11.7 Å². The Morgan fingerprint density at radius 3 is 2.57 bits per heavy atom. The fraction of sp³-hybridized carbons (Fsp3) is 0.455. The standard InChI is InChI=1S/C22H25F3N4O/c23-22(24,25)17-8-9-20(26-14-17)29-12-10-28(11-13-29)15-21(30)27-19-7-3-5-16-4-1-2-6-18(16)19/h1-2,4,6,8-9,14,19H,3,5,7,10-13,15H2,(H,27,30). The minimum atomic E-state index is -4.38. The Hall–Kier alpha value is -2.61. The van der Waals surface area contributed by atoms with Gasteiger partial charge in [0.15, 0.2) is 0 Å². The highest BCUT2D eigenvalue weighted by atomic mass is 19.4. The molecular weight excluding hydrogens is 393 g/mol. The van der Waals surface area contributed by atoms with Crippen LogP contribution in [-0.4, -0.2) is 48.5 Å². The smallest absolute Gasteiger partial charge is 0.354 e. The average molecular weight is 418 g/mol. The van der Waals surface area contributed by atoms with Crippen LogP contribution in [0.3, 0.4) is 0 Å². The molecule has 1 unspecified atom stereocenters. The third-order valence-corrected chi connectivity index (χ3v) is 5.84. The molecule has 1 saturated heterocycles. The monoisotopic (exact) mass is 418 g/mol. The molecule has 0 spiro atoms. The maximum Gasteiger partial charge on any atom is 0.417 e. The molecule has 8 heteroatoms. The molecule has 1 aliphatic carbocycles. The van der Waals surface area contributed by atoms with Gasteiger partial charge in [0.05, 0.1) is 18.2 Å². The fourth-order valence-corrected chi connectivity index (χ4v) is 4.22. The largest absolute Gasteiger partial charge is 0.417 e. The van der Waals surface area contributed by atoms with E-state index in [-0.39, 0.29) is 11.9 Å². The van der Waals surface area contributed by atoms with E-state index in [1.54, 1.807) is 0 Å². The summed E-state index contributed by atoms with van der Waals surface area (Å²) < 4.78 is 38.1. The molecule has 4 rings (SSSR count).